The molecule has 1 rings (SSSR count). The zero-order chi connectivity index (χ0) is 13.8. The van der Waals surface area contributed by atoms with Gasteiger partial charge in [0.05, 0.1) is 0 Å². The van der Waals surface area contributed by atoms with Crippen LogP contribution < -0.4 is 10.2 Å². The first kappa shape index (κ1) is 15.0. The number of nitrogens with zero attached hydrogens (tertiary/aromatic N) is 1. The van der Waals surface area contributed by atoms with Gasteiger partial charge in [0, 0.05) is 36.2 Å². The zero-order valence-corrected chi connectivity index (χ0v) is 13.0. The summed E-state index contributed by atoms with van der Waals surface area (Å²) in [7, 11) is 3.96. The predicted octanol–water partition coefficient (Wildman–Crippen LogP) is 3.05. The third-order valence-corrected chi connectivity index (χ3v) is 4.37. The minimum Gasteiger partial charge on any atom is -0.378 e. The van der Waals surface area contributed by atoms with Gasteiger partial charge in [-0.25, -0.2) is 0 Å². The number of hydrogen-bond acceptors (Lipinski definition) is 2. The average molecular weight is 313 g/mol. The fourth-order valence-corrected chi connectivity index (χ4v) is 2.01. The monoisotopic (exact) mass is 312 g/mol. The third kappa shape index (κ3) is 3.73. The Hall–Kier alpha value is -1.03. The van der Waals surface area contributed by atoms with Crippen LogP contribution in [0.25, 0.3) is 0 Å². The molecule has 0 aliphatic heterocycles. The number of benzene rings is 1. The Balaban J connectivity index is 2.79. The summed E-state index contributed by atoms with van der Waals surface area (Å²) < 4.78 is 0. The van der Waals surface area contributed by atoms with Gasteiger partial charge in [0.15, 0.2) is 0 Å². The normalized spacial score (nSPS) is 13.8. The topological polar surface area (TPSA) is 32.3 Å². The van der Waals surface area contributed by atoms with Gasteiger partial charge < -0.3 is 10.2 Å². The molecule has 0 heterocycles. The number of carbonyl (C=O) groups excluding carboxylic acids is 1. The Morgan fingerprint density at radius 1 is 1.33 bits per heavy atom. The van der Waals surface area contributed by atoms with Crippen LogP contribution in [0.1, 0.15) is 30.6 Å². The van der Waals surface area contributed by atoms with Crippen LogP contribution in [0.15, 0.2) is 24.3 Å². The van der Waals surface area contributed by atoms with E-state index in [1.807, 2.05) is 50.2 Å². The van der Waals surface area contributed by atoms with Crippen molar-refractivity contribution >= 4 is 27.5 Å². The minimum absolute atomic E-state index is 0.0240. The van der Waals surface area contributed by atoms with Crippen molar-refractivity contribution in [3.05, 3.63) is 29.8 Å². The molecule has 1 aromatic rings. The van der Waals surface area contributed by atoms with E-state index in [-0.39, 0.29) is 11.4 Å². The first-order valence-corrected chi connectivity index (χ1v) is 7.20. The molecule has 0 spiro atoms. The molecule has 0 saturated heterocycles. The van der Waals surface area contributed by atoms with Crippen molar-refractivity contribution in [2.75, 3.05) is 24.3 Å². The van der Waals surface area contributed by atoms with E-state index in [9.17, 15) is 4.79 Å². The number of halogens is 1. The molecule has 0 bridgehead atoms. The molecule has 18 heavy (non-hydrogen) atoms. The van der Waals surface area contributed by atoms with Crippen LogP contribution in [0.4, 0.5) is 5.69 Å². The summed E-state index contributed by atoms with van der Waals surface area (Å²) in [5, 5.41) is 3.81. The number of amides is 1. The molecule has 0 radical (unpaired) electrons. The summed E-state index contributed by atoms with van der Waals surface area (Å²) in [4.78, 5) is 14.1. The number of nitrogens with one attached hydrogen (secondary N) is 1. The van der Waals surface area contributed by atoms with Crippen LogP contribution in [0.3, 0.4) is 0 Å². The summed E-state index contributed by atoms with van der Waals surface area (Å²) in [5.41, 5.74) is 1.59. The van der Waals surface area contributed by atoms with Gasteiger partial charge in [0.25, 0.3) is 5.91 Å². The highest BCUT2D eigenvalue weighted by atomic mass is 79.9. The highest BCUT2D eigenvalue weighted by molar-refractivity contribution is 9.09. The van der Waals surface area contributed by atoms with Crippen molar-refractivity contribution in [3.8, 4) is 0 Å². The Bertz CT molecular complexity index is 397. The molecule has 1 amide bonds. The highest BCUT2D eigenvalue weighted by Gasteiger charge is 2.23. The van der Waals surface area contributed by atoms with E-state index in [0.29, 0.717) is 5.56 Å². The molecule has 0 aromatic heterocycles. The van der Waals surface area contributed by atoms with E-state index in [0.717, 1.165) is 17.4 Å². The highest BCUT2D eigenvalue weighted by Crippen LogP contribution is 2.16. The first-order chi connectivity index (χ1) is 8.41. The number of hydrogen-bond donors (Lipinski definition) is 1. The van der Waals surface area contributed by atoms with Gasteiger partial charge in [0.2, 0.25) is 0 Å². The fraction of sp³-hybridized carbons (Fsp3) is 0.500. The van der Waals surface area contributed by atoms with Crippen molar-refractivity contribution in [3.63, 3.8) is 0 Å². The molecule has 1 N–H and O–H groups in total. The van der Waals surface area contributed by atoms with Crippen molar-refractivity contribution in [2.24, 2.45) is 0 Å². The molecule has 0 saturated carbocycles. The van der Waals surface area contributed by atoms with Crippen molar-refractivity contribution in [1.29, 1.82) is 0 Å². The van der Waals surface area contributed by atoms with Crippen LogP contribution in [0, 0.1) is 0 Å². The first-order valence-electron chi connectivity index (χ1n) is 6.08. The van der Waals surface area contributed by atoms with E-state index < -0.39 is 0 Å². The lowest BCUT2D eigenvalue weighted by Gasteiger charge is -2.27. The van der Waals surface area contributed by atoms with E-state index in [1.54, 1.807) is 0 Å². The smallest absolute Gasteiger partial charge is 0.251 e. The summed E-state index contributed by atoms with van der Waals surface area (Å²) in [6.45, 7) is 4.10. The van der Waals surface area contributed by atoms with Crippen molar-refractivity contribution in [2.45, 2.75) is 25.8 Å². The van der Waals surface area contributed by atoms with E-state index in [4.69, 9.17) is 0 Å². The zero-order valence-electron chi connectivity index (χ0n) is 11.5. The van der Waals surface area contributed by atoms with Gasteiger partial charge in [-0.2, -0.15) is 0 Å². The molecular formula is C14H21BrN2O. The molecule has 3 nitrogen and oxygen atoms in total. The molecule has 1 unspecified atom stereocenters. The third-order valence-electron chi connectivity index (χ3n) is 3.14. The molecular weight excluding hydrogens is 292 g/mol. The largest absolute Gasteiger partial charge is 0.378 e. The number of anilines is 1. The Morgan fingerprint density at radius 3 is 2.28 bits per heavy atom. The Labute approximate surface area is 118 Å². The summed E-state index contributed by atoms with van der Waals surface area (Å²) in [6.07, 6.45) is 0.889. The quantitative estimate of drug-likeness (QED) is 0.848. The number of alkyl halides is 1. The second kappa shape index (κ2) is 6.23. The second-order valence-electron chi connectivity index (χ2n) is 4.94. The van der Waals surface area contributed by atoms with E-state index in [1.165, 1.54) is 0 Å². The van der Waals surface area contributed by atoms with E-state index >= 15 is 0 Å². The second-order valence-corrected chi connectivity index (χ2v) is 5.50. The molecule has 0 aliphatic carbocycles. The molecule has 0 fully saturated rings. The van der Waals surface area contributed by atoms with Crippen LogP contribution in [0.2, 0.25) is 0 Å². The lowest BCUT2D eigenvalue weighted by molar-refractivity contribution is 0.0913. The Kier molecular flexibility index (Phi) is 5.20. The molecule has 0 aliphatic rings. The summed E-state index contributed by atoms with van der Waals surface area (Å²) in [6, 6.07) is 7.61. The maximum Gasteiger partial charge on any atom is 0.251 e. The van der Waals surface area contributed by atoms with Gasteiger partial charge in [-0.1, -0.05) is 22.9 Å². The van der Waals surface area contributed by atoms with Crippen molar-refractivity contribution in [1.82, 2.24) is 5.32 Å². The summed E-state index contributed by atoms with van der Waals surface area (Å²) >= 11 is 3.44. The van der Waals surface area contributed by atoms with Gasteiger partial charge in [-0.05, 0) is 37.6 Å². The predicted molar refractivity (Wildman–Crippen MR) is 80.7 cm³/mol. The van der Waals surface area contributed by atoms with E-state index in [2.05, 4.69) is 28.2 Å². The average Bonchev–Trinajstić information content (AvgIpc) is 2.38. The maximum atomic E-state index is 12.1. The molecule has 1 aromatic carbocycles. The molecule has 100 valence electrons. The Morgan fingerprint density at radius 2 is 1.89 bits per heavy atom. The van der Waals surface area contributed by atoms with Gasteiger partial charge in [-0.15, -0.1) is 0 Å². The van der Waals surface area contributed by atoms with Crippen LogP contribution >= 0.6 is 15.9 Å². The minimum atomic E-state index is -0.197. The summed E-state index contributed by atoms with van der Waals surface area (Å²) in [5.74, 6) is -0.0240. The lowest BCUT2D eigenvalue weighted by atomic mass is 10.0. The SMILES string of the molecule is CCC(C)(CBr)NC(=O)c1ccc(N(C)C)cc1. The molecule has 4 heteroatoms. The van der Waals surface area contributed by atoms with Crippen LogP contribution in [0.5, 0.6) is 0 Å². The van der Waals surface area contributed by atoms with Gasteiger partial charge in [0.1, 0.15) is 0 Å². The number of rotatable bonds is 5. The van der Waals surface area contributed by atoms with Gasteiger partial charge in [-0.3, -0.25) is 4.79 Å². The molecule has 1 atom stereocenters. The standard InChI is InChI=1S/C14H21BrN2O/c1-5-14(2,10-15)16-13(18)11-6-8-12(9-7-11)17(3)4/h6-9H,5,10H2,1-4H3,(H,16,18). The van der Waals surface area contributed by atoms with Crippen LogP contribution in [-0.2, 0) is 0 Å². The van der Waals surface area contributed by atoms with Crippen molar-refractivity contribution < 1.29 is 4.79 Å². The van der Waals surface area contributed by atoms with Gasteiger partial charge >= 0.3 is 0 Å². The fourth-order valence-electron chi connectivity index (χ4n) is 1.47. The maximum absolute atomic E-state index is 12.1. The van der Waals surface area contributed by atoms with Crippen LogP contribution in [-0.4, -0.2) is 30.9 Å². The number of carbonyl (C=O) groups is 1. The lowest BCUT2D eigenvalue weighted by Crippen LogP contribution is -2.46.